The number of anilines is 1. The molecule has 0 aliphatic rings. The van der Waals surface area contributed by atoms with Crippen LogP contribution in [0, 0.1) is 5.82 Å². The molecule has 0 amide bonds. The van der Waals surface area contributed by atoms with Crippen molar-refractivity contribution in [3.63, 3.8) is 0 Å². The Morgan fingerprint density at radius 2 is 2.05 bits per heavy atom. The van der Waals surface area contributed by atoms with Crippen LogP contribution in [0.25, 0.3) is 6.08 Å². The maximum absolute atomic E-state index is 12.7. The maximum atomic E-state index is 12.7. The van der Waals surface area contributed by atoms with Crippen molar-refractivity contribution in [1.29, 1.82) is 0 Å². The zero-order valence-electron chi connectivity index (χ0n) is 11.5. The van der Waals surface area contributed by atoms with Gasteiger partial charge in [0, 0.05) is 20.6 Å². The molecule has 5 nitrogen and oxygen atoms in total. The largest absolute Gasteiger partial charge is 0.344 e. The summed E-state index contributed by atoms with van der Waals surface area (Å²) in [5.74, 6) is 0.876. The molecule has 1 aromatic carbocycles. The van der Waals surface area contributed by atoms with Crippen LogP contribution in [-0.4, -0.2) is 30.8 Å². The highest BCUT2D eigenvalue weighted by Crippen LogP contribution is 2.05. The smallest absolute Gasteiger partial charge is 0.265 e. The number of nitrogens with one attached hydrogen (secondary N) is 1. The van der Waals surface area contributed by atoms with E-state index in [4.69, 9.17) is 4.52 Å². The van der Waals surface area contributed by atoms with Gasteiger partial charge in [-0.1, -0.05) is 24.3 Å². The van der Waals surface area contributed by atoms with Crippen molar-refractivity contribution < 1.29 is 8.91 Å². The summed E-state index contributed by atoms with van der Waals surface area (Å²) in [6.45, 7) is 1.17. The maximum Gasteiger partial charge on any atom is 0.265 e. The second-order valence-electron chi connectivity index (χ2n) is 4.47. The van der Waals surface area contributed by atoms with Gasteiger partial charge in [-0.3, -0.25) is 0 Å². The predicted octanol–water partition coefficient (Wildman–Crippen LogP) is 2.08. The van der Waals surface area contributed by atoms with Crippen LogP contribution in [-0.2, 0) is 6.54 Å². The van der Waals surface area contributed by atoms with Crippen LogP contribution in [0.15, 0.2) is 34.9 Å². The van der Waals surface area contributed by atoms with Crippen LogP contribution in [0.3, 0.4) is 0 Å². The molecule has 2 rings (SSSR count). The number of halogens is 1. The van der Waals surface area contributed by atoms with Gasteiger partial charge in [0.2, 0.25) is 5.89 Å². The molecule has 0 unspecified atom stereocenters. The number of nitrogens with zero attached hydrogens (tertiary/aromatic N) is 3. The number of benzene rings is 1. The first kappa shape index (κ1) is 14.2. The molecule has 0 bridgehead atoms. The lowest BCUT2D eigenvalue weighted by atomic mass is 10.2. The average molecular weight is 276 g/mol. The van der Waals surface area contributed by atoms with Crippen molar-refractivity contribution in [3.8, 4) is 0 Å². The SMILES string of the molecule is CN(C)c1noc(CNC/C=C/c2ccc(F)cc2)n1. The highest BCUT2D eigenvalue weighted by molar-refractivity contribution is 5.48. The molecule has 6 heteroatoms. The Labute approximate surface area is 117 Å². The van der Waals surface area contributed by atoms with E-state index in [2.05, 4.69) is 15.5 Å². The molecule has 0 saturated carbocycles. The van der Waals surface area contributed by atoms with E-state index in [1.54, 1.807) is 17.0 Å². The topological polar surface area (TPSA) is 54.2 Å². The molecule has 0 spiro atoms. The van der Waals surface area contributed by atoms with E-state index in [-0.39, 0.29) is 5.82 Å². The van der Waals surface area contributed by atoms with Gasteiger partial charge in [0.25, 0.3) is 5.95 Å². The normalized spacial score (nSPS) is 11.2. The minimum atomic E-state index is -0.228. The number of rotatable bonds is 6. The van der Waals surface area contributed by atoms with Gasteiger partial charge >= 0.3 is 0 Å². The van der Waals surface area contributed by atoms with Crippen LogP contribution in [0.1, 0.15) is 11.5 Å². The quantitative estimate of drug-likeness (QED) is 0.819. The molecule has 0 aliphatic heterocycles. The fourth-order valence-corrected chi connectivity index (χ4v) is 1.53. The van der Waals surface area contributed by atoms with E-state index in [1.165, 1.54) is 12.1 Å². The molecule has 1 aromatic heterocycles. The highest BCUT2D eigenvalue weighted by atomic mass is 19.1. The molecule has 0 aliphatic carbocycles. The second kappa shape index (κ2) is 6.81. The summed E-state index contributed by atoms with van der Waals surface area (Å²) in [6, 6.07) is 6.34. The van der Waals surface area contributed by atoms with Gasteiger partial charge in [-0.2, -0.15) is 4.98 Å². The first-order chi connectivity index (χ1) is 9.65. The van der Waals surface area contributed by atoms with Gasteiger partial charge < -0.3 is 14.7 Å². The summed E-state index contributed by atoms with van der Waals surface area (Å²) < 4.78 is 17.8. The number of hydrogen-bond donors (Lipinski definition) is 1. The third-order valence-electron chi connectivity index (χ3n) is 2.58. The summed E-state index contributed by atoms with van der Waals surface area (Å²) in [4.78, 5) is 5.97. The van der Waals surface area contributed by atoms with Crippen LogP contribution in [0.5, 0.6) is 0 Å². The van der Waals surface area contributed by atoms with Crippen molar-refractivity contribution in [2.75, 3.05) is 25.5 Å². The van der Waals surface area contributed by atoms with Gasteiger partial charge in [-0.05, 0) is 22.9 Å². The Balaban J connectivity index is 1.74. The number of aromatic nitrogens is 2. The molecule has 0 fully saturated rings. The van der Waals surface area contributed by atoms with Crippen LogP contribution in [0.2, 0.25) is 0 Å². The van der Waals surface area contributed by atoms with Crippen molar-refractivity contribution in [3.05, 3.63) is 47.6 Å². The van der Waals surface area contributed by atoms with Crippen molar-refractivity contribution >= 4 is 12.0 Å². The van der Waals surface area contributed by atoms with Crippen LogP contribution >= 0.6 is 0 Å². The standard InChI is InChI=1S/C14H17FN4O/c1-19(2)14-17-13(20-18-14)10-16-9-3-4-11-5-7-12(15)8-6-11/h3-8,16H,9-10H2,1-2H3/b4-3+. The third kappa shape index (κ3) is 4.17. The van der Waals surface area contributed by atoms with Gasteiger partial charge in [-0.15, -0.1) is 0 Å². The second-order valence-corrected chi connectivity index (χ2v) is 4.47. The number of hydrogen-bond acceptors (Lipinski definition) is 5. The summed E-state index contributed by atoms with van der Waals surface area (Å²) in [6.07, 6.45) is 3.88. The Kier molecular flexibility index (Phi) is 4.84. The third-order valence-corrected chi connectivity index (χ3v) is 2.58. The Bertz CT molecular complexity index is 563. The molecule has 106 valence electrons. The Morgan fingerprint density at radius 3 is 2.70 bits per heavy atom. The lowest BCUT2D eigenvalue weighted by Crippen LogP contribution is -2.14. The van der Waals surface area contributed by atoms with E-state index in [1.807, 2.05) is 26.2 Å². The summed E-state index contributed by atoms with van der Waals surface area (Å²) in [5, 5.41) is 6.98. The molecule has 2 aromatic rings. The molecular weight excluding hydrogens is 259 g/mol. The molecule has 0 saturated heterocycles. The van der Waals surface area contributed by atoms with E-state index < -0.39 is 0 Å². The van der Waals surface area contributed by atoms with E-state index in [0.717, 1.165) is 5.56 Å². The van der Waals surface area contributed by atoms with E-state index in [0.29, 0.717) is 24.9 Å². The zero-order valence-corrected chi connectivity index (χ0v) is 11.5. The minimum absolute atomic E-state index is 0.228. The molecule has 0 atom stereocenters. The summed E-state index contributed by atoms with van der Waals surface area (Å²) in [7, 11) is 3.71. The van der Waals surface area contributed by atoms with Crippen molar-refractivity contribution in [2.45, 2.75) is 6.54 Å². The molecule has 0 radical (unpaired) electrons. The summed E-state index contributed by atoms with van der Waals surface area (Å²) in [5.41, 5.74) is 0.959. The monoisotopic (exact) mass is 276 g/mol. The first-order valence-electron chi connectivity index (χ1n) is 6.28. The van der Waals surface area contributed by atoms with Gasteiger partial charge in [0.15, 0.2) is 0 Å². The van der Waals surface area contributed by atoms with Crippen molar-refractivity contribution in [2.24, 2.45) is 0 Å². The van der Waals surface area contributed by atoms with Gasteiger partial charge in [0.05, 0.1) is 6.54 Å². The lowest BCUT2D eigenvalue weighted by Gasteiger charge is -2.02. The highest BCUT2D eigenvalue weighted by Gasteiger charge is 2.06. The Morgan fingerprint density at radius 1 is 1.30 bits per heavy atom. The van der Waals surface area contributed by atoms with Crippen LogP contribution in [0.4, 0.5) is 10.3 Å². The van der Waals surface area contributed by atoms with E-state index in [9.17, 15) is 4.39 Å². The average Bonchev–Trinajstić information content (AvgIpc) is 2.89. The lowest BCUT2D eigenvalue weighted by molar-refractivity contribution is 0.369. The van der Waals surface area contributed by atoms with Crippen LogP contribution < -0.4 is 10.2 Å². The minimum Gasteiger partial charge on any atom is -0.344 e. The molecule has 20 heavy (non-hydrogen) atoms. The van der Waals surface area contributed by atoms with Crippen molar-refractivity contribution in [1.82, 2.24) is 15.5 Å². The van der Waals surface area contributed by atoms with Gasteiger partial charge in [-0.25, -0.2) is 4.39 Å². The first-order valence-corrected chi connectivity index (χ1v) is 6.28. The molecule has 1 N–H and O–H groups in total. The molecule has 1 heterocycles. The predicted molar refractivity (Wildman–Crippen MR) is 75.8 cm³/mol. The zero-order chi connectivity index (χ0) is 14.4. The fraction of sp³-hybridized carbons (Fsp3) is 0.286. The fourth-order valence-electron chi connectivity index (χ4n) is 1.53. The summed E-state index contributed by atoms with van der Waals surface area (Å²) >= 11 is 0. The Hall–Kier alpha value is -2.21. The van der Waals surface area contributed by atoms with Gasteiger partial charge in [0.1, 0.15) is 5.82 Å². The van der Waals surface area contributed by atoms with E-state index >= 15 is 0 Å². The molecular formula is C14H17FN4O.